The van der Waals surface area contributed by atoms with Crippen LogP contribution in [-0.2, 0) is 66.3 Å². The molecule has 0 saturated heterocycles. The van der Waals surface area contributed by atoms with E-state index in [1.54, 1.807) is 7.05 Å². The summed E-state index contributed by atoms with van der Waals surface area (Å²) in [5.74, 6) is 0.0309. The van der Waals surface area contributed by atoms with Crippen LogP contribution in [-0.4, -0.2) is 208 Å². The molecule has 0 atom stereocenters. The number of ether oxygens (including phenoxy) is 14. The second-order valence-electron chi connectivity index (χ2n) is 15.5. The Morgan fingerprint density at radius 1 is 0.477 bits per heavy atom. The molecule has 1 aliphatic carbocycles. The third kappa shape index (κ3) is 27.7. The van der Waals surface area contributed by atoms with Crippen molar-refractivity contribution in [1.29, 1.82) is 0 Å². The predicted molar refractivity (Wildman–Crippen MR) is 242 cm³/mol. The van der Waals surface area contributed by atoms with Gasteiger partial charge in [-0.15, -0.1) is 0 Å². The van der Waals surface area contributed by atoms with Gasteiger partial charge >= 0.3 is 12.2 Å². The van der Waals surface area contributed by atoms with E-state index in [9.17, 15) is 9.59 Å². The highest BCUT2D eigenvalue weighted by atomic mass is 16.6. The summed E-state index contributed by atoms with van der Waals surface area (Å²) in [6, 6.07) is 16.5. The highest BCUT2D eigenvalue weighted by molar-refractivity contribution is 5.79. The van der Waals surface area contributed by atoms with Crippen LogP contribution in [0.4, 0.5) is 9.59 Å². The average molecular weight is 925 g/mol. The second kappa shape index (κ2) is 36.6. The quantitative estimate of drug-likeness (QED) is 0.0915. The number of carbonyl (C=O) groups excluding carboxylic acids is 2. The lowest BCUT2D eigenvalue weighted by Gasteiger charge is -2.24. The van der Waals surface area contributed by atoms with Crippen LogP contribution in [0.1, 0.15) is 37.8 Å². The summed E-state index contributed by atoms with van der Waals surface area (Å²) in [5, 5.41) is 2.74. The summed E-state index contributed by atoms with van der Waals surface area (Å²) in [6.07, 6.45) is -0.826. The van der Waals surface area contributed by atoms with Gasteiger partial charge in [-0.25, -0.2) is 9.59 Å². The molecule has 1 N–H and O–H groups in total. The maximum Gasteiger partial charge on any atom is 0.410 e. The second-order valence-corrected chi connectivity index (χ2v) is 15.5. The molecule has 2 amide bonds. The van der Waals surface area contributed by atoms with Crippen molar-refractivity contribution in [2.45, 2.75) is 32.3 Å². The highest BCUT2D eigenvalue weighted by Gasteiger charge is 2.29. The van der Waals surface area contributed by atoms with Gasteiger partial charge in [-0.1, -0.05) is 48.5 Å². The maximum absolute atomic E-state index is 12.3. The van der Waals surface area contributed by atoms with E-state index in [0.717, 1.165) is 0 Å². The summed E-state index contributed by atoms with van der Waals surface area (Å²) in [4.78, 5) is 25.6. The fourth-order valence-corrected chi connectivity index (χ4v) is 6.03. The standard InChI is InChI=1S/C47H76N2O16/c1-47(2,3)65-46(51)49(4)14-16-53-18-20-55-22-24-57-26-28-59-30-32-61-34-36-63-38-37-62-35-33-60-31-29-58-27-25-56-23-21-54-19-17-52-15-13-48-45(50)64-39-44-42-11-7-5-9-40(42)41-10-6-8-12-43(41)44/h5-12,44H,13-39H2,1-4H3,(H,48,50). The number of nitrogens with zero attached hydrogens (tertiary/aromatic N) is 1. The molecule has 0 aromatic heterocycles. The zero-order valence-electron chi connectivity index (χ0n) is 39.3. The fraction of sp³-hybridized carbons (Fsp3) is 0.702. The lowest BCUT2D eigenvalue weighted by Crippen LogP contribution is -2.36. The van der Waals surface area contributed by atoms with Gasteiger partial charge in [0.2, 0.25) is 0 Å². The first kappa shape index (κ1) is 55.8. The normalized spacial score (nSPS) is 12.3. The first-order chi connectivity index (χ1) is 31.8. The number of hydrogen-bond acceptors (Lipinski definition) is 16. The molecule has 0 heterocycles. The van der Waals surface area contributed by atoms with Crippen LogP contribution in [0, 0.1) is 0 Å². The number of benzene rings is 2. The van der Waals surface area contributed by atoms with Crippen molar-refractivity contribution in [3.63, 3.8) is 0 Å². The monoisotopic (exact) mass is 925 g/mol. The fourth-order valence-electron chi connectivity index (χ4n) is 6.03. The number of nitrogens with one attached hydrogen (secondary N) is 1. The van der Waals surface area contributed by atoms with Gasteiger partial charge in [0.1, 0.15) is 12.2 Å². The molecule has 65 heavy (non-hydrogen) atoms. The molecule has 0 radical (unpaired) electrons. The van der Waals surface area contributed by atoms with Gasteiger partial charge in [0.05, 0.1) is 159 Å². The zero-order valence-corrected chi connectivity index (χ0v) is 39.3. The van der Waals surface area contributed by atoms with E-state index in [-0.39, 0.29) is 18.6 Å². The maximum atomic E-state index is 12.3. The Kier molecular flexibility index (Phi) is 31.4. The molecule has 0 bridgehead atoms. The van der Waals surface area contributed by atoms with Gasteiger partial charge in [-0.05, 0) is 43.0 Å². The van der Waals surface area contributed by atoms with Gasteiger partial charge in [-0.2, -0.15) is 0 Å². The van der Waals surface area contributed by atoms with Crippen molar-refractivity contribution >= 4 is 12.2 Å². The van der Waals surface area contributed by atoms with E-state index in [1.165, 1.54) is 27.2 Å². The third-order valence-corrected chi connectivity index (χ3v) is 9.23. The Labute approximate surface area is 385 Å². The Morgan fingerprint density at radius 2 is 0.785 bits per heavy atom. The Hall–Kier alpha value is -3.50. The molecule has 18 heteroatoms. The van der Waals surface area contributed by atoms with Crippen LogP contribution in [0.25, 0.3) is 11.1 Å². The van der Waals surface area contributed by atoms with Crippen molar-refractivity contribution in [2.24, 2.45) is 0 Å². The number of likely N-dealkylation sites (N-methyl/N-ethyl adjacent to an activating group) is 1. The molecular weight excluding hydrogens is 849 g/mol. The molecule has 3 rings (SSSR count). The van der Waals surface area contributed by atoms with Crippen LogP contribution in [0.15, 0.2) is 48.5 Å². The number of hydrogen-bond donors (Lipinski definition) is 1. The third-order valence-electron chi connectivity index (χ3n) is 9.23. The molecule has 18 nitrogen and oxygen atoms in total. The molecule has 0 saturated carbocycles. The summed E-state index contributed by atoms with van der Waals surface area (Å²) >= 11 is 0. The number of alkyl carbamates (subject to hydrolysis) is 1. The van der Waals surface area contributed by atoms with Crippen LogP contribution in [0.5, 0.6) is 0 Å². The van der Waals surface area contributed by atoms with Gasteiger partial charge < -0.3 is 76.5 Å². The molecule has 0 aliphatic heterocycles. The Morgan fingerprint density at radius 3 is 1.12 bits per heavy atom. The van der Waals surface area contributed by atoms with Gasteiger partial charge in [0.15, 0.2) is 0 Å². The lowest BCUT2D eigenvalue weighted by atomic mass is 9.98. The van der Waals surface area contributed by atoms with Crippen LogP contribution in [0.3, 0.4) is 0 Å². The number of fused-ring (bicyclic) bond motifs is 3. The van der Waals surface area contributed by atoms with Crippen molar-refractivity contribution in [1.82, 2.24) is 10.2 Å². The lowest BCUT2D eigenvalue weighted by molar-refractivity contribution is -0.0285. The van der Waals surface area contributed by atoms with E-state index >= 15 is 0 Å². The van der Waals surface area contributed by atoms with Gasteiger partial charge in [0, 0.05) is 26.1 Å². The van der Waals surface area contributed by atoms with Crippen molar-refractivity contribution in [3.05, 3.63) is 59.7 Å². The highest BCUT2D eigenvalue weighted by Crippen LogP contribution is 2.44. The van der Waals surface area contributed by atoms with Crippen LogP contribution in [0.2, 0.25) is 0 Å². The minimum Gasteiger partial charge on any atom is -0.449 e. The van der Waals surface area contributed by atoms with Crippen LogP contribution >= 0.6 is 0 Å². The molecule has 370 valence electrons. The smallest absolute Gasteiger partial charge is 0.410 e. The number of rotatable bonds is 41. The molecular formula is C47H76N2O16. The molecule has 0 fully saturated rings. The first-order valence-electron chi connectivity index (χ1n) is 22.7. The minimum atomic E-state index is -0.518. The summed E-state index contributed by atoms with van der Waals surface area (Å²) in [6.45, 7) is 17.6. The molecule has 0 spiro atoms. The van der Waals surface area contributed by atoms with Gasteiger partial charge in [0.25, 0.3) is 0 Å². The van der Waals surface area contributed by atoms with Crippen molar-refractivity contribution in [2.75, 3.05) is 185 Å². The Balaban J connectivity index is 0.917. The van der Waals surface area contributed by atoms with E-state index in [4.69, 9.17) is 66.3 Å². The summed E-state index contributed by atoms with van der Waals surface area (Å²) < 4.78 is 76.9. The van der Waals surface area contributed by atoms with E-state index in [0.29, 0.717) is 172 Å². The first-order valence-corrected chi connectivity index (χ1v) is 22.7. The molecule has 0 unspecified atom stereocenters. The SMILES string of the molecule is CN(CCOCCOCCOCCOCCOCCOCCOCCOCCOCCOCCOCCOCCNC(=O)OCC1c2ccccc2-c2ccccc21)C(=O)OC(C)(C)C. The van der Waals surface area contributed by atoms with Crippen molar-refractivity contribution < 1.29 is 75.9 Å². The van der Waals surface area contributed by atoms with E-state index in [2.05, 4.69) is 29.6 Å². The van der Waals surface area contributed by atoms with Crippen LogP contribution < -0.4 is 5.32 Å². The topological polar surface area (TPSA) is 179 Å². The van der Waals surface area contributed by atoms with Gasteiger partial charge in [-0.3, -0.25) is 0 Å². The van der Waals surface area contributed by atoms with Crippen molar-refractivity contribution in [3.8, 4) is 11.1 Å². The van der Waals surface area contributed by atoms with E-state index < -0.39 is 11.7 Å². The predicted octanol–water partition coefficient (Wildman–Crippen LogP) is 4.59. The average Bonchev–Trinajstić information content (AvgIpc) is 3.61. The number of amides is 2. The molecule has 2 aromatic carbocycles. The largest absolute Gasteiger partial charge is 0.449 e. The molecule has 1 aliphatic rings. The minimum absolute atomic E-state index is 0.0309. The Bertz CT molecular complexity index is 1450. The summed E-state index contributed by atoms with van der Waals surface area (Å²) in [7, 11) is 1.68. The summed E-state index contributed by atoms with van der Waals surface area (Å²) in [5.41, 5.74) is 4.24. The van der Waals surface area contributed by atoms with E-state index in [1.807, 2.05) is 45.0 Å². The zero-order chi connectivity index (χ0) is 46.5. The number of carbonyl (C=O) groups is 2. The molecule has 2 aromatic rings.